The number of carbonyl (C=O) groups is 1. The summed E-state index contributed by atoms with van der Waals surface area (Å²) in [4.78, 5) is 10.8. The van der Waals surface area contributed by atoms with Crippen LogP contribution in [0, 0.1) is 0 Å². The van der Waals surface area contributed by atoms with Gasteiger partial charge in [-0.3, -0.25) is 4.79 Å². The van der Waals surface area contributed by atoms with Gasteiger partial charge in [0.2, 0.25) is 1.43 Å². The van der Waals surface area contributed by atoms with E-state index in [9.17, 15) is 4.79 Å². The predicted molar refractivity (Wildman–Crippen MR) is 22.7 cm³/mol. The van der Waals surface area contributed by atoms with Crippen molar-refractivity contribution in [2.45, 2.75) is 6.02 Å². The molecular weight excluding hydrogens is 98.0 g/mol. The van der Waals surface area contributed by atoms with Crippen LogP contribution in [0.3, 0.4) is 0 Å². The molecule has 0 bridgehead atoms. The van der Waals surface area contributed by atoms with Crippen LogP contribution in [0.2, 0.25) is 2.82 Å². The van der Waals surface area contributed by atoms with E-state index in [1.54, 1.807) is 0 Å². The molecule has 1 atom stereocenters. The molecule has 0 radical (unpaired) electrons. The van der Waals surface area contributed by atoms with Crippen molar-refractivity contribution in [1.82, 2.24) is 0 Å². The maximum atomic E-state index is 10.8. The highest BCUT2D eigenvalue weighted by molar-refractivity contribution is 5.73. The molecular formula is C3H7NO3. The van der Waals surface area contributed by atoms with Crippen LogP contribution in [0.25, 0.3) is 1.43 Å². The molecule has 0 aromatic carbocycles. The SMILES string of the molecule is [2H]OC(=O)[C@@]([2H])(N([2H])[2H])C([2H])([2H])O[2H]. The fourth-order valence-corrected chi connectivity index (χ4v) is 0.0417. The first kappa shape index (κ1) is 1.21. The maximum absolute atomic E-state index is 10.8. The van der Waals surface area contributed by atoms with Gasteiger partial charge in [-0.15, -0.1) is 0 Å². The van der Waals surface area contributed by atoms with E-state index in [1.807, 2.05) is 0 Å². The highest BCUT2D eigenvalue weighted by Crippen LogP contribution is 1.71. The van der Waals surface area contributed by atoms with Gasteiger partial charge in [0.05, 0.1) is 10.7 Å². The van der Waals surface area contributed by atoms with Crippen LogP contribution >= 0.6 is 0 Å². The molecule has 4 heteroatoms. The summed E-state index contributed by atoms with van der Waals surface area (Å²) >= 11 is 0. The van der Waals surface area contributed by atoms with Crippen LogP contribution in [0.1, 0.15) is 4.11 Å². The van der Waals surface area contributed by atoms with Crippen molar-refractivity contribution in [1.29, 1.82) is 2.86 Å². The zero-order valence-electron chi connectivity index (χ0n) is 10.2. The Hall–Kier alpha value is -0.610. The molecule has 0 fully saturated rings. The van der Waals surface area contributed by atoms with E-state index in [4.69, 9.17) is 9.80 Å². The van der Waals surface area contributed by atoms with Crippen LogP contribution in [0.15, 0.2) is 0 Å². The van der Waals surface area contributed by atoms with E-state index >= 15 is 0 Å². The van der Waals surface area contributed by atoms with Gasteiger partial charge in [0.1, 0.15) is 8.84 Å². The molecule has 0 rings (SSSR count). The average molecular weight is 112 g/mol. The van der Waals surface area contributed by atoms with E-state index in [0.29, 0.717) is 0 Å². The van der Waals surface area contributed by atoms with Crippen molar-refractivity contribution in [3.05, 3.63) is 0 Å². The average Bonchev–Trinajstić information content (AvgIpc) is 2.14. The van der Waals surface area contributed by atoms with Crippen molar-refractivity contribution in [2.75, 3.05) is 6.56 Å². The summed E-state index contributed by atoms with van der Waals surface area (Å²) in [6.45, 7) is -3.27. The van der Waals surface area contributed by atoms with E-state index < -0.39 is 24.3 Å². The summed E-state index contributed by atoms with van der Waals surface area (Å²) in [7, 11) is 0. The third kappa shape index (κ3) is 2.13. The van der Waals surface area contributed by atoms with Crippen LogP contribution < -0.4 is 5.72 Å². The van der Waals surface area contributed by atoms with Crippen LogP contribution in [-0.4, -0.2) is 30.2 Å². The summed E-state index contributed by atoms with van der Waals surface area (Å²) in [6, 6.07) is -3.25. The summed E-state index contributed by atoms with van der Waals surface area (Å²) < 4.78 is 46.6. The molecule has 0 spiro atoms. The first-order valence-electron chi connectivity index (χ1n) is 4.55. The summed E-state index contributed by atoms with van der Waals surface area (Å²) in [5, 5.41) is 6.72. The van der Waals surface area contributed by atoms with Gasteiger partial charge in [-0.2, -0.15) is 0 Å². The number of hydrogen-bond acceptors (Lipinski definition) is 4. The van der Waals surface area contributed by atoms with Crippen LogP contribution in [0.4, 0.5) is 0 Å². The number of carboxylic acids is 1. The molecule has 0 heterocycles. The first-order valence-corrected chi connectivity index (χ1v) is 1.34. The van der Waals surface area contributed by atoms with E-state index in [0.717, 1.165) is 0 Å². The zero-order valence-corrected chi connectivity index (χ0v) is 3.17. The van der Waals surface area contributed by atoms with Crippen molar-refractivity contribution < 1.29 is 21.9 Å². The molecule has 4 nitrogen and oxygen atoms in total. The molecule has 0 amide bonds. The molecule has 0 aliphatic heterocycles. The Balaban J connectivity index is 5.20. The monoisotopic (exact) mass is 112 g/mol. The van der Waals surface area contributed by atoms with Gasteiger partial charge in [-0.25, -0.2) is 0 Å². The van der Waals surface area contributed by atoms with Gasteiger partial charge < -0.3 is 15.9 Å². The minimum Gasteiger partial charge on any atom is -0.480 e. The Bertz CT molecular complexity index is 222. The fraction of sp³-hybridized carbons (Fsp3) is 0.667. The topological polar surface area (TPSA) is 83.5 Å². The lowest BCUT2D eigenvalue weighted by Crippen LogP contribution is -2.33. The maximum Gasteiger partial charge on any atom is 0.322 e. The molecule has 0 aliphatic rings. The smallest absolute Gasteiger partial charge is 0.322 e. The van der Waals surface area contributed by atoms with Crippen molar-refractivity contribution in [3.63, 3.8) is 0 Å². The normalized spacial score (nSPS) is 34.1. The van der Waals surface area contributed by atoms with Gasteiger partial charge in [0, 0.05) is 0 Å². The van der Waals surface area contributed by atoms with Crippen molar-refractivity contribution in [2.24, 2.45) is 5.72 Å². The number of hydrogen-bond donors (Lipinski definition) is 3. The summed E-state index contributed by atoms with van der Waals surface area (Å²) in [6.07, 6.45) is 0. The van der Waals surface area contributed by atoms with E-state index in [2.05, 4.69) is 10.2 Å². The molecule has 0 aromatic rings. The summed E-state index contributed by atoms with van der Waals surface area (Å²) in [5.41, 5.74) is -0.640. The predicted octanol–water partition coefficient (Wildman–Crippen LogP) is -1.61. The number of rotatable bonds is 4. The highest BCUT2D eigenvalue weighted by Gasteiger charge is 2.06. The van der Waals surface area contributed by atoms with E-state index in [1.165, 1.54) is 0 Å². The van der Waals surface area contributed by atoms with Gasteiger partial charge in [0.25, 0.3) is 1.43 Å². The lowest BCUT2D eigenvalue weighted by molar-refractivity contribution is -0.139. The summed E-state index contributed by atoms with van der Waals surface area (Å²) in [5.74, 6) is -1.83. The molecule has 0 aliphatic carbocycles. The molecule has 0 saturated heterocycles. The zero-order chi connectivity index (χ0) is 11.6. The second kappa shape index (κ2) is 2.54. The van der Waals surface area contributed by atoms with Crippen LogP contribution in [0.5, 0.6) is 0 Å². The Labute approximate surface area is 50.7 Å². The Morgan fingerprint density at radius 2 is 3.43 bits per heavy atom. The van der Waals surface area contributed by atoms with Gasteiger partial charge in [-0.1, -0.05) is 0 Å². The number of aliphatic carboxylic acids is 1. The second-order valence-corrected chi connectivity index (χ2v) is 0.738. The van der Waals surface area contributed by atoms with Gasteiger partial charge in [0.15, 0.2) is 0 Å². The quantitative estimate of drug-likeness (QED) is 0.408. The number of aliphatic hydroxyl groups is 1. The fourth-order valence-electron chi connectivity index (χ4n) is 0.0417. The Kier molecular flexibility index (Phi) is 0.439. The molecule has 7 heavy (non-hydrogen) atoms. The minimum absolute atomic E-state index is 0.640. The third-order valence-electron chi connectivity index (χ3n) is 0.290. The highest BCUT2D eigenvalue weighted by atomic mass is 16.4. The van der Waals surface area contributed by atoms with Crippen molar-refractivity contribution in [3.8, 4) is 0 Å². The third-order valence-corrected chi connectivity index (χ3v) is 0.290. The lowest BCUT2D eigenvalue weighted by atomic mass is 10.3. The van der Waals surface area contributed by atoms with Gasteiger partial charge in [-0.05, 0) is 0 Å². The minimum atomic E-state index is -3.27. The van der Waals surface area contributed by atoms with Crippen molar-refractivity contribution >= 4 is 5.97 Å². The standard InChI is InChI=1S/C3H7NO3/c4-2(1-5)3(6)7/h2,5H,1,4H2,(H,6,7)/t2-/m0/s1/i1D2,2D,5D/hD3. The van der Waals surface area contributed by atoms with Crippen LogP contribution in [-0.2, 0) is 4.79 Å². The van der Waals surface area contributed by atoms with Gasteiger partial charge >= 0.3 is 5.97 Å². The lowest BCUT2D eigenvalue weighted by Gasteiger charge is -1.96. The molecule has 0 unspecified atom stereocenters. The second-order valence-electron chi connectivity index (χ2n) is 0.738. The first-order chi connectivity index (χ1) is 6.24. The largest absolute Gasteiger partial charge is 0.480 e. The number of carboxylic acid groups (broad SMARTS) is 1. The Morgan fingerprint density at radius 3 is 3.86 bits per heavy atom. The molecule has 0 aromatic heterocycles. The molecule has 42 valence electrons. The van der Waals surface area contributed by atoms with E-state index in [-0.39, 0.29) is 0 Å². The number of nitrogens with two attached hydrogens (primary N) is 1. The molecule has 4 N–H and O–H groups in total. The molecule has 0 saturated carbocycles. The Morgan fingerprint density at radius 1 is 2.57 bits per heavy atom.